The first-order chi connectivity index (χ1) is 17.3. The lowest BCUT2D eigenvalue weighted by Gasteiger charge is -2.32. The fraction of sp³-hybridized carbons (Fsp3) is 0.462. The number of fused-ring (bicyclic) bond motifs is 2. The highest BCUT2D eigenvalue weighted by Gasteiger charge is 2.31. The van der Waals surface area contributed by atoms with Gasteiger partial charge >= 0.3 is 0 Å². The molecule has 0 radical (unpaired) electrons. The summed E-state index contributed by atoms with van der Waals surface area (Å²) in [4.78, 5) is 18.4. The molecule has 0 unspecified atom stereocenters. The molecule has 4 aromatic rings. The van der Waals surface area contributed by atoms with E-state index in [4.69, 9.17) is 13.9 Å². The van der Waals surface area contributed by atoms with Gasteiger partial charge in [0.2, 0.25) is 0 Å². The smallest absolute Gasteiger partial charge is 0.252 e. The quantitative estimate of drug-likeness (QED) is 0.390. The number of pyridine rings is 1. The number of nitrogens with one attached hydrogen (secondary N) is 1. The van der Waals surface area contributed by atoms with Gasteiger partial charge in [-0.25, -0.2) is 4.68 Å². The summed E-state index contributed by atoms with van der Waals surface area (Å²) in [6.07, 6.45) is 3.41. The highest BCUT2D eigenvalue weighted by Crippen LogP contribution is 2.34. The van der Waals surface area contributed by atoms with Crippen LogP contribution in [0.1, 0.15) is 63.7 Å². The van der Waals surface area contributed by atoms with Crippen molar-refractivity contribution in [2.75, 3.05) is 13.2 Å². The highest BCUT2D eigenvalue weighted by molar-refractivity contribution is 5.83. The fourth-order valence-electron chi connectivity index (χ4n) is 4.63. The SMILES string of the molecule is CCC[C@@H](c1nnnn1C(C)(C)C)N(Cc1ccco1)Cc1cc2cc3c(cc2[nH]c1=O)OCCO3. The maximum Gasteiger partial charge on any atom is 0.252 e. The van der Waals surface area contributed by atoms with E-state index in [1.54, 1.807) is 6.26 Å². The molecule has 0 spiro atoms. The van der Waals surface area contributed by atoms with Crippen LogP contribution in [0.3, 0.4) is 0 Å². The molecule has 0 saturated heterocycles. The average molecular weight is 493 g/mol. The van der Waals surface area contributed by atoms with Crippen molar-refractivity contribution in [3.63, 3.8) is 0 Å². The van der Waals surface area contributed by atoms with Crippen LogP contribution in [0.5, 0.6) is 11.5 Å². The van der Waals surface area contributed by atoms with E-state index in [2.05, 4.69) is 53.1 Å². The minimum atomic E-state index is -0.289. The summed E-state index contributed by atoms with van der Waals surface area (Å²) in [5.74, 6) is 2.91. The molecule has 190 valence electrons. The van der Waals surface area contributed by atoms with E-state index in [1.807, 2.05) is 35.0 Å². The number of hydrogen-bond donors (Lipinski definition) is 1. The molecule has 1 N–H and O–H groups in total. The van der Waals surface area contributed by atoms with Crippen LogP contribution in [-0.2, 0) is 18.6 Å². The number of furan rings is 1. The van der Waals surface area contributed by atoms with E-state index in [1.165, 1.54) is 0 Å². The summed E-state index contributed by atoms with van der Waals surface area (Å²) in [5.41, 5.74) is 0.922. The number of aromatic amines is 1. The third-order valence-corrected chi connectivity index (χ3v) is 6.33. The highest BCUT2D eigenvalue weighted by atomic mass is 16.6. The predicted octanol–water partition coefficient (Wildman–Crippen LogP) is 4.18. The molecule has 3 aromatic heterocycles. The summed E-state index contributed by atoms with van der Waals surface area (Å²) in [6, 6.07) is 9.37. The van der Waals surface area contributed by atoms with Gasteiger partial charge in [0, 0.05) is 23.6 Å². The van der Waals surface area contributed by atoms with E-state index in [9.17, 15) is 4.79 Å². The van der Waals surface area contributed by atoms with Crippen molar-refractivity contribution in [1.82, 2.24) is 30.1 Å². The van der Waals surface area contributed by atoms with Crippen LogP contribution in [0.15, 0.2) is 45.8 Å². The summed E-state index contributed by atoms with van der Waals surface area (Å²) in [6.45, 7) is 10.3. The molecule has 1 atom stereocenters. The lowest BCUT2D eigenvalue weighted by molar-refractivity contribution is 0.138. The van der Waals surface area contributed by atoms with E-state index < -0.39 is 0 Å². The van der Waals surface area contributed by atoms with Crippen molar-refractivity contribution in [3.8, 4) is 11.5 Å². The van der Waals surface area contributed by atoms with E-state index >= 15 is 0 Å². The largest absolute Gasteiger partial charge is 0.486 e. The summed E-state index contributed by atoms with van der Waals surface area (Å²) in [7, 11) is 0. The van der Waals surface area contributed by atoms with Gasteiger partial charge in [-0.2, -0.15) is 0 Å². The number of tetrazole rings is 1. The minimum absolute atomic E-state index is 0.121. The number of benzene rings is 1. The third kappa shape index (κ3) is 4.86. The van der Waals surface area contributed by atoms with Crippen LogP contribution in [0.25, 0.3) is 10.9 Å². The number of nitrogens with zero attached hydrogens (tertiary/aromatic N) is 5. The van der Waals surface area contributed by atoms with Gasteiger partial charge < -0.3 is 18.9 Å². The number of rotatable bonds is 8. The van der Waals surface area contributed by atoms with E-state index in [0.717, 1.165) is 29.8 Å². The zero-order valence-electron chi connectivity index (χ0n) is 21.2. The monoisotopic (exact) mass is 492 g/mol. The number of hydrogen-bond acceptors (Lipinski definition) is 8. The fourth-order valence-corrected chi connectivity index (χ4v) is 4.63. The topological polar surface area (TPSA) is 111 Å². The maximum absolute atomic E-state index is 13.2. The molecule has 36 heavy (non-hydrogen) atoms. The first-order valence-corrected chi connectivity index (χ1v) is 12.3. The van der Waals surface area contributed by atoms with Gasteiger partial charge in [-0.3, -0.25) is 9.69 Å². The maximum atomic E-state index is 13.2. The molecule has 1 aliphatic rings. The van der Waals surface area contributed by atoms with Crippen LogP contribution in [0.4, 0.5) is 0 Å². The van der Waals surface area contributed by atoms with Crippen molar-refractivity contribution in [1.29, 1.82) is 0 Å². The molecule has 0 amide bonds. The first-order valence-electron chi connectivity index (χ1n) is 12.3. The Hall–Kier alpha value is -3.66. The Bertz CT molecular complexity index is 1390. The Labute approximate surface area is 209 Å². The lowest BCUT2D eigenvalue weighted by atomic mass is 10.0. The second kappa shape index (κ2) is 9.77. The van der Waals surface area contributed by atoms with Gasteiger partial charge in [-0.05, 0) is 61.9 Å². The molecule has 5 rings (SSSR count). The predicted molar refractivity (Wildman–Crippen MR) is 134 cm³/mol. The molecular weight excluding hydrogens is 460 g/mol. The summed E-state index contributed by atoms with van der Waals surface area (Å²) >= 11 is 0. The minimum Gasteiger partial charge on any atom is -0.486 e. The number of H-pyrrole nitrogens is 1. The van der Waals surface area contributed by atoms with Gasteiger partial charge in [0.1, 0.15) is 19.0 Å². The molecule has 10 nitrogen and oxygen atoms in total. The van der Waals surface area contributed by atoms with Crippen molar-refractivity contribution >= 4 is 10.9 Å². The standard InChI is InChI=1S/C26H32N6O4/c1-5-7-21(24-28-29-30-32(24)26(2,3)4)31(16-19-8-6-9-34-19)15-18-12-17-13-22-23(36-11-10-35-22)14-20(17)27-25(18)33/h6,8-9,12-14,21H,5,7,10-11,15-16H2,1-4H3,(H,27,33)/t21-/m0/s1. The van der Waals surface area contributed by atoms with Gasteiger partial charge in [0.05, 0.1) is 29.9 Å². The third-order valence-electron chi connectivity index (χ3n) is 6.33. The second-order valence-electron chi connectivity index (χ2n) is 10.1. The van der Waals surface area contributed by atoms with Gasteiger partial charge in [-0.1, -0.05) is 13.3 Å². The molecule has 4 heterocycles. The van der Waals surface area contributed by atoms with Crippen molar-refractivity contribution < 1.29 is 13.9 Å². The summed E-state index contributed by atoms with van der Waals surface area (Å²) < 4.78 is 19.0. The van der Waals surface area contributed by atoms with Crippen molar-refractivity contribution in [2.24, 2.45) is 0 Å². The van der Waals surface area contributed by atoms with Gasteiger partial charge in [-0.15, -0.1) is 5.10 Å². The Morgan fingerprint density at radius 1 is 1.14 bits per heavy atom. The average Bonchev–Trinajstić information content (AvgIpc) is 3.54. The van der Waals surface area contributed by atoms with Crippen molar-refractivity contribution in [2.45, 2.75) is 65.2 Å². The Balaban J connectivity index is 1.55. The Kier molecular flexibility index (Phi) is 6.53. The Morgan fingerprint density at radius 3 is 2.61 bits per heavy atom. The molecule has 1 aliphatic heterocycles. The first kappa shape index (κ1) is 24.1. The number of ether oxygens (including phenoxy) is 2. The molecular formula is C26H32N6O4. The zero-order valence-corrected chi connectivity index (χ0v) is 21.2. The molecule has 10 heteroatoms. The van der Waals surface area contributed by atoms with Crippen LogP contribution >= 0.6 is 0 Å². The molecule has 0 bridgehead atoms. The summed E-state index contributed by atoms with van der Waals surface area (Å²) in [5, 5.41) is 13.6. The molecule has 0 saturated carbocycles. The van der Waals surface area contributed by atoms with Crippen LogP contribution in [0, 0.1) is 0 Å². The number of aromatic nitrogens is 5. The van der Waals surface area contributed by atoms with Gasteiger partial charge in [0.15, 0.2) is 17.3 Å². The van der Waals surface area contributed by atoms with Crippen LogP contribution in [-0.4, -0.2) is 43.3 Å². The molecule has 0 aliphatic carbocycles. The van der Waals surface area contributed by atoms with Crippen LogP contribution in [0.2, 0.25) is 0 Å². The van der Waals surface area contributed by atoms with E-state index in [0.29, 0.717) is 48.9 Å². The lowest BCUT2D eigenvalue weighted by Crippen LogP contribution is -2.35. The van der Waals surface area contributed by atoms with Crippen LogP contribution < -0.4 is 15.0 Å². The molecule has 0 fully saturated rings. The van der Waals surface area contributed by atoms with Gasteiger partial charge in [0.25, 0.3) is 5.56 Å². The zero-order chi connectivity index (χ0) is 25.3. The Morgan fingerprint density at radius 2 is 1.92 bits per heavy atom. The molecule has 1 aromatic carbocycles. The van der Waals surface area contributed by atoms with Crippen molar-refractivity contribution in [3.05, 3.63) is 64.1 Å². The second-order valence-corrected chi connectivity index (χ2v) is 10.1. The van der Waals surface area contributed by atoms with E-state index in [-0.39, 0.29) is 17.1 Å². The normalized spacial score (nSPS) is 14.5.